The Labute approximate surface area is 174 Å². The lowest BCUT2D eigenvalue weighted by Gasteiger charge is -2.26. The Bertz CT molecular complexity index is 896. The molecule has 0 saturated carbocycles. The molecule has 0 radical (unpaired) electrons. The second-order valence-electron chi connectivity index (χ2n) is 9.08. The summed E-state index contributed by atoms with van der Waals surface area (Å²) in [6, 6.07) is 11.5. The fourth-order valence-electron chi connectivity index (χ4n) is 2.93. The molecule has 0 atom stereocenters. The number of carbonyl (C=O) groups excluding carboxylic acids is 1. The van der Waals surface area contributed by atoms with Crippen LogP contribution in [0.5, 0.6) is 17.2 Å². The summed E-state index contributed by atoms with van der Waals surface area (Å²) < 4.78 is 16.2. The van der Waals surface area contributed by atoms with Crippen LogP contribution in [0.3, 0.4) is 0 Å². The largest absolute Gasteiger partial charge is 0.493 e. The van der Waals surface area contributed by atoms with Gasteiger partial charge in [-0.05, 0) is 46.2 Å². The van der Waals surface area contributed by atoms with E-state index >= 15 is 0 Å². The van der Waals surface area contributed by atoms with Crippen LogP contribution >= 0.6 is 0 Å². The van der Waals surface area contributed by atoms with E-state index in [2.05, 4.69) is 47.6 Å². The van der Waals surface area contributed by atoms with E-state index in [0.717, 1.165) is 11.1 Å². The van der Waals surface area contributed by atoms with Gasteiger partial charge in [0.05, 0.1) is 14.2 Å². The first-order valence-electron chi connectivity index (χ1n) is 9.72. The predicted octanol–water partition coefficient (Wildman–Crippen LogP) is 5.92. The number of carbonyl (C=O) groups is 1. The lowest BCUT2D eigenvalue weighted by molar-refractivity contribution is -0.128. The number of hydrogen-bond acceptors (Lipinski definition) is 4. The van der Waals surface area contributed by atoms with Crippen LogP contribution in [0.25, 0.3) is 6.08 Å². The second-order valence-corrected chi connectivity index (χ2v) is 9.08. The zero-order chi connectivity index (χ0) is 21.8. The Balaban J connectivity index is 2.25. The number of methoxy groups -OCH3 is 2. The molecule has 0 bridgehead atoms. The molecule has 0 N–H and O–H groups in total. The molecule has 0 aromatic heterocycles. The van der Waals surface area contributed by atoms with E-state index in [1.54, 1.807) is 32.4 Å². The normalized spacial score (nSPS) is 12.1. The molecular formula is C25H32O4. The molecule has 2 aromatic carbocycles. The minimum Gasteiger partial charge on any atom is -0.493 e. The first kappa shape index (κ1) is 22.5. The standard InChI is InChI=1S/C25H32O4/c1-24(2,3)18-11-13-20(19(16-18)25(4,5)6)29-23(26)14-10-17-9-12-21(27-7)22(15-17)28-8/h9-16H,1-8H3/b14-10-. The van der Waals surface area contributed by atoms with Gasteiger partial charge in [0.25, 0.3) is 0 Å². The lowest BCUT2D eigenvalue weighted by Crippen LogP contribution is -2.18. The van der Waals surface area contributed by atoms with Crippen molar-refractivity contribution >= 4 is 12.0 Å². The zero-order valence-electron chi connectivity index (χ0n) is 18.8. The van der Waals surface area contributed by atoms with E-state index < -0.39 is 5.97 Å². The molecule has 0 heterocycles. The molecule has 4 heteroatoms. The van der Waals surface area contributed by atoms with Crippen LogP contribution in [0.15, 0.2) is 42.5 Å². The third-order valence-corrected chi connectivity index (χ3v) is 4.68. The fraction of sp³-hybridized carbons (Fsp3) is 0.400. The number of ether oxygens (including phenoxy) is 3. The van der Waals surface area contributed by atoms with Crippen molar-refractivity contribution in [1.82, 2.24) is 0 Å². The number of hydrogen-bond donors (Lipinski definition) is 0. The van der Waals surface area contributed by atoms with Crippen LogP contribution in [0, 0.1) is 0 Å². The topological polar surface area (TPSA) is 44.8 Å². The van der Waals surface area contributed by atoms with Gasteiger partial charge in [-0.1, -0.05) is 59.7 Å². The highest BCUT2D eigenvalue weighted by Crippen LogP contribution is 2.35. The molecule has 4 nitrogen and oxygen atoms in total. The van der Waals surface area contributed by atoms with Gasteiger partial charge < -0.3 is 14.2 Å². The van der Waals surface area contributed by atoms with Crippen LogP contribution in [0.2, 0.25) is 0 Å². The average molecular weight is 397 g/mol. The maximum absolute atomic E-state index is 12.5. The Kier molecular flexibility index (Phi) is 6.78. The van der Waals surface area contributed by atoms with Gasteiger partial charge in [-0.3, -0.25) is 0 Å². The Morgan fingerprint density at radius 3 is 1.97 bits per heavy atom. The average Bonchev–Trinajstić information content (AvgIpc) is 2.64. The van der Waals surface area contributed by atoms with Crippen molar-refractivity contribution in [3.05, 3.63) is 59.2 Å². The summed E-state index contributed by atoms with van der Waals surface area (Å²) in [4.78, 5) is 12.5. The van der Waals surface area contributed by atoms with E-state index in [9.17, 15) is 4.79 Å². The SMILES string of the molecule is COc1ccc(/C=C\C(=O)Oc2ccc(C(C)(C)C)cc2C(C)(C)C)cc1OC. The van der Waals surface area contributed by atoms with Gasteiger partial charge in [0.1, 0.15) is 5.75 Å². The van der Waals surface area contributed by atoms with Crippen molar-refractivity contribution in [1.29, 1.82) is 0 Å². The summed E-state index contributed by atoms with van der Waals surface area (Å²) in [7, 11) is 3.16. The van der Waals surface area contributed by atoms with Crippen molar-refractivity contribution < 1.29 is 19.0 Å². The Morgan fingerprint density at radius 1 is 0.793 bits per heavy atom. The van der Waals surface area contributed by atoms with Gasteiger partial charge in [-0.2, -0.15) is 0 Å². The second kappa shape index (κ2) is 8.73. The number of esters is 1. The molecule has 0 fully saturated rings. The summed E-state index contributed by atoms with van der Waals surface area (Å²) >= 11 is 0. The minimum absolute atomic E-state index is 0.0237. The maximum atomic E-state index is 12.5. The molecule has 0 amide bonds. The third kappa shape index (κ3) is 5.86. The van der Waals surface area contributed by atoms with Crippen LogP contribution in [0.1, 0.15) is 58.2 Å². The van der Waals surface area contributed by atoms with Gasteiger partial charge in [0.2, 0.25) is 0 Å². The molecule has 0 spiro atoms. The van der Waals surface area contributed by atoms with Gasteiger partial charge in [0, 0.05) is 11.6 Å². The van der Waals surface area contributed by atoms with Gasteiger partial charge in [0.15, 0.2) is 11.5 Å². The van der Waals surface area contributed by atoms with Crippen molar-refractivity contribution in [2.24, 2.45) is 0 Å². The number of benzene rings is 2. The van der Waals surface area contributed by atoms with E-state index in [1.807, 2.05) is 18.2 Å². The maximum Gasteiger partial charge on any atom is 0.336 e. The Hall–Kier alpha value is -2.75. The molecule has 156 valence electrons. The third-order valence-electron chi connectivity index (χ3n) is 4.68. The summed E-state index contributed by atoms with van der Waals surface area (Å²) in [6.45, 7) is 12.9. The van der Waals surface area contributed by atoms with Crippen LogP contribution in [0.4, 0.5) is 0 Å². The summed E-state index contributed by atoms with van der Waals surface area (Å²) in [6.07, 6.45) is 3.12. The molecular weight excluding hydrogens is 364 g/mol. The van der Waals surface area contributed by atoms with Gasteiger partial charge >= 0.3 is 5.97 Å². The molecule has 2 rings (SSSR count). The summed E-state index contributed by atoms with van der Waals surface area (Å²) in [5.74, 6) is 1.41. The van der Waals surface area contributed by atoms with Crippen LogP contribution in [-0.4, -0.2) is 20.2 Å². The first-order chi connectivity index (χ1) is 13.5. The first-order valence-corrected chi connectivity index (χ1v) is 9.72. The molecule has 0 saturated heterocycles. The molecule has 2 aromatic rings. The summed E-state index contributed by atoms with van der Waals surface area (Å²) in [5.41, 5.74) is 2.92. The minimum atomic E-state index is -0.422. The highest BCUT2D eigenvalue weighted by Gasteiger charge is 2.23. The zero-order valence-corrected chi connectivity index (χ0v) is 18.8. The lowest BCUT2D eigenvalue weighted by atomic mass is 9.80. The highest BCUT2D eigenvalue weighted by atomic mass is 16.5. The quantitative estimate of drug-likeness (QED) is 0.358. The van der Waals surface area contributed by atoms with E-state index in [4.69, 9.17) is 14.2 Å². The Morgan fingerprint density at radius 2 is 1.41 bits per heavy atom. The highest BCUT2D eigenvalue weighted by molar-refractivity contribution is 5.89. The van der Waals surface area contributed by atoms with E-state index in [1.165, 1.54) is 11.6 Å². The van der Waals surface area contributed by atoms with Crippen molar-refractivity contribution in [2.45, 2.75) is 52.4 Å². The number of rotatable bonds is 5. The molecule has 29 heavy (non-hydrogen) atoms. The molecule has 0 unspecified atom stereocenters. The fourth-order valence-corrected chi connectivity index (χ4v) is 2.93. The van der Waals surface area contributed by atoms with Crippen molar-refractivity contribution in [3.63, 3.8) is 0 Å². The molecule has 0 aliphatic carbocycles. The smallest absolute Gasteiger partial charge is 0.336 e. The van der Waals surface area contributed by atoms with Crippen molar-refractivity contribution in [2.75, 3.05) is 14.2 Å². The van der Waals surface area contributed by atoms with Crippen LogP contribution in [-0.2, 0) is 15.6 Å². The molecule has 0 aliphatic heterocycles. The van der Waals surface area contributed by atoms with Gasteiger partial charge in [-0.15, -0.1) is 0 Å². The van der Waals surface area contributed by atoms with E-state index in [-0.39, 0.29) is 10.8 Å². The summed E-state index contributed by atoms with van der Waals surface area (Å²) in [5, 5.41) is 0. The van der Waals surface area contributed by atoms with Gasteiger partial charge in [-0.25, -0.2) is 4.79 Å². The van der Waals surface area contributed by atoms with E-state index in [0.29, 0.717) is 17.2 Å². The monoisotopic (exact) mass is 396 g/mol. The van der Waals surface area contributed by atoms with Crippen molar-refractivity contribution in [3.8, 4) is 17.2 Å². The van der Waals surface area contributed by atoms with Crippen LogP contribution < -0.4 is 14.2 Å². The predicted molar refractivity (Wildman–Crippen MR) is 118 cm³/mol. The molecule has 0 aliphatic rings.